The number of nitrogens with zero attached hydrogens (tertiary/aromatic N) is 2. The number of rotatable bonds is 8. The van der Waals surface area contributed by atoms with Crippen molar-refractivity contribution in [3.63, 3.8) is 0 Å². The molecule has 2 N–H and O–H groups in total. The first-order valence-electron chi connectivity index (χ1n) is 7.25. The summed E-state index contributed by atoms with van der Waals surface area (Å²) in [5, 5.41) is 12.9. The van der Waals surface area contributed by atoms with E-state index in [9.17, 15) is 5.11 Å². The number of aliphatic hydroxyl groups excluding tert-OH is 1. The topological polar surface area (TPSA) is 38.7 Å². The lowest BCUT2D eigenvalue weighted by Gasteiger charge is -2.32. The molecule has 108 valence electrons. The molecular weight excluding hydrogens is 226 g/mol. The van der Waals surface area contributed by atoms with Crippen molar-refractivity contribution in [2.75, 3.05) is 47.4 Å². The lowest BCUT2D eigenvalue weighted by atomic mass is 9.99. The van der Waals surface area contributed by atoms with Gasteiger partial charge in [0.05, 0.1) is 6.61 Å². The van der Waals surface area contributed by atoms with E-state index in [0.29, 0.717) is 6.04 Å². The smallest absolute Gasteiger partial charge is 0.0613 e. The molecule has 0 radical (unpaired) electrons. The zero-order valence-electron chi connectivity index (χ0n) is 12.6. The molecule has 0 heterocycles. The van der Waals surface area contributed by atoms with E-state index in [1.165, 1.54) is 19.4 Å². The number of hydrogen-bond acceptors (Lipinski definition) is 4. The summed E-state index contributed by atoms with van der Waals surface area (Å²) >= 11 is 0. The van der Waals surface area contributed by atoms with Crippen LogP contribution in [0.2, 0.25) is 0 Å². The van der Waals surface area contributed by atoms with E-state index in [2.05, 4.69) is 36.1 Å². The van der Waals surface area contributed by atoms with Gasteiger partial charge in [0.15, 0.2) is 0 Å². The number of likely N-dealkylation sites (N-methyl/N-ethyl adjacent to an activating group) is 2. The van der Waals surface area contributed by atoms with Gasteiger partial charge in [-0.15, -0.1) is 0 Å². The summed E-state index contributed by atoms with van der Waals surface area (Å²) in [6, 6.07) is 0.629. The molecule has 1 saturated carbocycles. The number of aliphatic hydroxyl groups is 1. The summed E-state index contributed by atoms with van der Waals surface area (Å²) in [6.45, 7) is 5.92. The van der Waals surface area contributed by atoms with Gasteiger partial charge in [0.2, 0.25) is 0 Å². The highest BCUT2D eigenvalue weighted by molar-refractivity contribution is 4.98. The Morgan fingerprint density at radius 3 is 2.44 bits per heavy atom. The molecule has 4 nitrogen and oxygen atoms in total. The third-order valence-corrected chi connectivity index (χ3v) is 4.28. The van der Waals surface area contributed by atoms with Gasteiger partial charge in [0.25, 0.3) is 0 Å². The fourth-order valence-electron chi connectivity index (χ4n) is 2.95. The first kappa shape index (κ1) is 15.9. The van der Waals surface area contributed by atoms with Crippen LogP contribution in [0.3, 0.4) is 0 Å². The van der Waals surface area contributed by atoms with Gasteiger partial charge >= 0.3 is 0 Å². The monoisotopic (exact) mass is 257 g/mol. The number of hydrogen-bond donors (Lipinski definition) is 2. The van der Waals surface area contributed by atoms with Crippen molar-refractivity contribution in [2.24, 2.45) is 0 Å². The normalized spacial score (nSPS) is 28.5. The maximum atomic E-state index is 9.57. The second-order valence-electron chi connectivity index (χ2n) is 5.92. The van der Waals surface area contributed by atoms with Crippen molar-refractivity contribution in [2.45, 2.75) is 44.2 Å². The Hall–Kier alpha value is -0.160. The molecule has 0 bridgehead atoms. The van der Waals surface area contributed by atoms with Gasteiger partial charge in [-0.2, -0.15) is 0 Å². The van der Waals surface area contributed by atoms with Gasteiger partial charge in [-0.25, -0.2) is 0 Å². The van der Waals surface area contributed by atoms with Crippen LogP contribution in [0.5, 0.6) is 0 Å². The lowest BCUT2D eigenvalue weighted by Crippen LogP contribution is -2.46. The predicted octanol–water partition coefficient (Wildman–Crippen LogP) is 0.763. The summed E-state index contributed by atoms with van der Waals surface area (Å²) in [4.78, 5) is 4.85. The minimum atomic E-state index is -0.0330. The molecule has 1 fully saturated rings. The summed E-state index contributed by atoms with van der Waals surface area (Å²) in [5.41, 5.74) is -0.0330. The van der Waals surface area contributed by atoms with Gasteiger partial charge in [0, 0.05) is 24.7 Å². The molecule has 4 heteroatoms. The Morgan fingerprint density at radius 2 is 2.00 bits per heavy atom. The lowest BCUT2D eigenvalue weighted by molar-refractivity contribution is 0.142. The molecule has 2 unspecified atom stereocenters. The first-order chi connectivity index (χ1) is 8.56. The van der Waals surface area contributed by atoms with E-state index in [4.69, 9.17) is 0 Å². The van der Waals surface area contributed by atoms with Crippen LogP contribution in [-0.2, 0) is 0 Å². The van der Waals surface area contributed by atoms with E-state index in [0.717, 1.165) is 25.9 Å². The second-order valence-corrected chi connectivity index (χ2v) is 5.92. The molecule has 1 rings (SSSR count). The van der Waals surface area contributed by atoms with Gasteiger partial charge in [-0.3, -0.25) is 4.90 Å². The first-order valence-corrected chi connectivity index (χ1v) is 7.25. The molecule has 0 spiro atoms. The van der Waals surface area contributed by atoms with Crippen LogP contribution in [-0.4, -0.2) is 73.9 Å². The van der Waals surface area contributed by atoms with E-state index < -0.39 is 0 Å². The fourth-order valence-corrected chi connectivity index (χ4v) is 2.95. The van der Waals surface area contributed by atoms with Crippen LogP contribution in [0.25, 0.3) is 0 Å². The van der Waals surface area contributed by atoms with Crippen molar-refractivity contribution < 1.29 is 5.11 Å². The molecule has 1 aliphatic rings. The molecule has 0 saturated heterocycles. The molecule has 1 aliphatic carbocycles. The minimum Gasteiger partial charge on any atom is -0.394 e. The summed E-state index contributed by atoms with van der Waals surface area (Å²) in [5.74, 6) is 0. The third kappa shape index (κ3) is 4.19. The Labute approximate surface area is 112 Å². The van der Waals surface area contributed by atoms with E-state index in [1.807, 2.05) is 7.05 Å². The number of nitrogens with one attached hydrogen (secondary N) is 1. The molecule has 0 aromatic rings. The Balaban J connectivity index is 2.54. The maximum Gasteiger partial charge on any atom is 0.0613 e. The van der Waals surface area contributed by atoms with Gasteiger partial charge < -0.3 is 15.3 Å². The van der Waals surface area contributed by atoms with Crippen LogP contribution in [0.1, 0.15) is 32.6 Å². The van der Waals surface area contributed by atoms with E-state index in [1.54, 1.807) is 0 Å². The van der Waals surface area contributed by atoms with Crippen LogP contribution in [0.15, 0.2) is 0 Å². The largest absolute Gasteiger partial charge is 0.394 e. The van der Waals surface area contributed by atoms with Crippen LogP contribution >= 0.6 is 0 Å². The van der Waals surface area contributed by atoms with Crippen LogP contribution < -0.4 is 5.32 Å². The van der Waals surface area contributed by atoms with Gasteiger partial charge in [-0.1, -0.05) is 6.92 Å². The Bertz CT molecular complexity index is 229. The minimum absolute atomic E-state index is 0.0330. The Morgan fingerprint density at radius 1 is 1.28 bits per heavy atom. The van der Waals surface area contributed by atoms with Crippen molar-refractivity contribution in [1.82, 2.24) is 15.1 Å². The predicted molar refractivity (Wildman–Crippen MR) is 76.9 cm³/mol. The van der Waals surface area contributed by atoms with E-state index >= 15 is 0 Å². The maximum absolute atomic E-state index is 9.57. The summed E-state index contributed by atoms with van der Waals surface area (Å²) in [7, 11) is 6.23. The standard InChI is InChI=1S/C14H31N3O/c1-5-8-17(10-9-16(3)4)13-6-7-14(11-13,12-18)15-2/h13,15,18H,5-12H2,1-4H3. The molecule has 2 atom stereocenters. The SMILES string of the molecule is CCCN(CCN(C)C)C1CCC(CO)(NC)C1. The van der Waals surface area contributed by atoms with Crippen molar-refractivity contribution in [3.8, 4) is 0 Å². The average molecular weight is 257 g/mol. The summed E-state index contributed by atoms with van der Waals surface area (Å²) in [6.07, 6.45) is 4.57. The van der Waals surface area contributed by atoms with Crippen molar-refractivity contribution >= 4 is 0 Å². The average Bonchev–Trinajstić information content (AvgIpc) is 2.79. The summed E-state index contributed by atoms with van der Waals surface area (Å²) < 4.78 is 0. The van der Waals surface area contributed by atoms with Crippen molar-refractivity contribution in [1.29, 1.82) is 0 Å². The van der Waals surface area contributed by atoms with Crippen LogP contribution in [0, 0.1) is 0 Å². The molecule has 18 heavy (non-hydrogen) atoms. The molecular formula is C14H31N3O. The molecule has 0 aromatic heterocycles. The molecule has 0 aliphatic heterocycles. The quantitative estimate of drug-likeness (QED) is 0.673. The van der Waals surface area contributed by atoms with Crippen LogP contribution in [0.4, 0.5) is 0 Å². The third-order valence-electron chi connectivity index (χ3n) is 4.28. The second kappa shape index (κ2) is 7.43. The van der Waals surface area contributed by atoms with Gasteiger partial charge in [-0.05, 0) is 53.4 Å². The highest BCUT2D eigenvalue weighted by Crippen LogP contribution is 2.32. The van der Waals surface area contributed by atoms with E-state index in [-0.39, 0.29) is 12.1 Å². The molecule has 0 amide bonds. The fraction of sp³-hybridized carbons (Fsp3) is 1.00. The molecule has 0 aromatic carbocycles. The highest BCUT2D eigenvalue weighted by Gasteiger charge is 2.39. The zero-order chi connectivity index (χ0) is 13.6. The highest BCUT2D eigenvalue weighted by atomic mass is 16.3. The zero-order valence-corrected chi connectivity index (χ0v) is 12.6. The van der Waals surface area contributed by atoms with Crippen molar-refractivity contribution in [3.05, 3.63) is 0 Å². The Kier molecular flexibility index (Phi) is 6.57. The van der Waals surface area contributed by atoms with Gasteiger partial charge in [0.1, 0.15) is 0 Å².